The van der Waals surface area contributed by atoms with Crippen LogP contribution in [0, 0.1) is 0 Å². The summed E-state index contributed by atoms with van der Waals surface area (Å²) in [6.07, 6.45) is 0. The van der Waals surface area contributed by atoms with Gasteiger partial charge in [0.1, 0.15) is 23.0 Å². The maximum absolute atomic E-state index is 9.45. The number of aliphatic hydroxyl groups excluding tert-OH is 1. The summed E-state index contributed by atoms with van der Waals surface area (Å²) >= 11 is 0. The van der Waals surface area contributed by atoms with E-state index < -0.39 is 0 Å². The fourth-order valence-corrected chi connectivity index (χ4v) is 2.18. The van der Waals surface area contributed by atoms with E-state index in [-0.39, 0.29) is 6.61 Å². The Morgan fingerprint density at radius 2 is 1.04 bits per heavy atom. The number of hydrogen-bond acceptors (Lipinski definition) is 5. The van der Waals surface area contributed by atoms with Crippen molar-refractivity contribution >= 4 is 11.4 Å². The first-order valence-corrected chi connectivity index (χ1v) is 7.44. The van der Waals surface area contributed by atoms with Gasteiger partial charge in [-0.2, -0.15) is 0 Å². The number of aliphatic hydroxyl groups is 1. The molecular formula is C19H18N2O3. The van der Waals surface area contributed by atoms with Gasteiger partial charge in [-0.3, -0.25) is 0 Å². The number of nitrogens with two attached hydrogens (primary N) is 2. The Bertz CT molecular complexity index is 749. The molecule has 0 saturated carbocycles. The molecular weight excluding hydrogens is 304 g/mol. The third-order valence-corrected chi connectivity index (χ3v) is 3.35. The second-order valence-corrected chi connectivity index (χ2v) is 5.31. The number of ether oxygens (including phenoxy) is 2. The van der Waals surface area contributed by atoms with Crippen molar-refractivity contribution in [2.24, 2.45) is 0 Å². The van der Waals surface area contributed by atoms with E-state index in [2.05, 4.69) is 0 Å². The van der Waals surface area contributed by atoms with Crippen LogP contribution in [0.15, 0.2) is 66.7 Å². The van der Waals surface area contributed by atoms with Crippen LogP contribution in [0.5, 0.6) is 23.0 Å². The molecule has 3 aromatic carbocycles. The summed E-state index contributed by atoms with van der Waals surface area (Å²) in [6.45, 7) is -0.114. The lowest BCUT2D eigenvalue weighted by Gasteiger charge is -2.11. The van der Waals surface area contributed by atoms with E-state index in [4.69, 9.17) is 20.9 Å². The van der Waals surface area contributed by atoms with Crippen LogP contribution in [0.1, 0.15) is 5.56 Å². The van der Waals surface area contributed by atoms with Gasteiger partial charge in [-0.15, -0.1) is 0 Å². The highest BCUT2D eigenvalue weighted by Crippen LogP contribution is 2.31. The Labute approximate surface area is 140 Å². The first-order valence-electron chi connectivity index (χ1n) is 7.44. The topological polar surface area (TPSA) is 90.7 Å². The fourth-order valence-electron chi connectivity index (χ4n) is 2.18. The number of benzene rings is 3. The predicted octanol–water partition coefficient (Wildman–Crippen LogP) is 3.93. The van der Waals surface area contributed by atoms with E-state index in [1.165, 1.54) is 0 Å². The molecule has 0 amide bonds. The molecule has 0 unspecified atom stereocenters. The average molecular weight is 322 g/mol. The average Bonchev–Trinajstić information content (AvgIpc) is 2.59. The molecule has 0 atom stereocenters. The maximum Gasteiger partial charge on any atom is 0.131 e. The second kappa shape index (κ2) is 6.93. The van der Waals surface area contributed by atoms with Gasteiger partial charge < -0.3 is 26.0 Å². The Morgan fingerprint density at radius 3 is 1.42 bits per heavy atom. The van der Waals surface area contributed by atoms with Gasteiger partial charge in [-0.1, -0.05) is 0 Å². The molecule has 0 fully saturated rings. The molecule has 0 radical (unpaired) electrons. The molecule has 0 aliphatic carbocycles. The number of rotatable bonds is 5. The summed E-state index contributed by atoms with van der Waals surface area (Å²) in [6, 6.07) is 19.4. The molecule has 0 aromatic heterocycles. The van der Waals surface area contributed by atoms with Gasteiger partial charge in [0.2, 0.25) is 0 Å². The molecule has 3 rings (SSSR count). The summed E-state index contributed by atoms with van der Waals surface area (Å²) in [4.78, 5) is 0. The monoisotopic (exact) mass is 322 g/mol. The summed E-state index contributed by atoms with van der Waals surface area (Å²) in [5.41, 5.74) is 13.4. The standard InChI is InChI=1S/C19H18N2O3/c20-14-1-5-16(6-2-14)23-18-9-13(12-22)10-19(11-18)24-17-7-3-15(21)4-8-17/h1-11,22H,12,20-21H2. The molecule has 0 aliphatic rings. The minimum atomic E-state index is -0.114. The van der Waals surface area contributed by atoms with Gasteiger partial charge in [0, 0.05) is 17.4 Å². The lowest BCUT2D eigenvalue weighted by Crippen LogP contribution is -1.92. The van der Waals surface area contributed by atoms with E-state index in [0.717, 1.165) is 0 Å². The normalized spacial score (nSPS) is 10.4. The van der Waals surface area contributed by atoms with Gasteiger partial charge >= 0.3 is 0 Å². The molecule has 0 aliphatic heterocycles. The summed E-state index contributed by atoms with van der Waals surface area (Å²) in [7, 11) is 0. The number of hydrogen-bond donors (Lipinski definition) is 3. The van der Waals surface area contributed by atoms with Gasteiger partial charge in [-0.05, 0) is 66.2 Å². The molecule has 0 spiro atoms. The zero-order valence-electron chi connectivity index (χ0n) is 13.0. The van der Waals surface area contributed by atoms with Crippen LogP contribution >= 0.6 is 0 Å². The molecule has 122 valence electrons. The third kappa shape index (κ3) is 3.97. The number of nitrogen functional groups attached to an aromatic ring is 2. The van der Waals surface area contributed by atoms with Crippen molar-refractivity contribution < 1.29 is 14.6 Å². The molecule has 5 nitrogen and oxygen atoms in total. The summed E-state index contributed by atoms with van der Waals surface area (Å²) in [5.74, 6) is 2.43. The lowest BCUT2D eigenvalue weighted by atomic mass is 10.2. The smallest absolute Gasteiger partial charge is 0.131 e. The van der Waals surface area contributed by atoms with Crippen LogP contribution in [0.25, 0.3) is 0 Å². The third-order valence-electron chi connectivity index (χ3n) is 3.35. The van der Waals surface area contributed by atoms with Crippen molar-refractivity contribution in [2.45, 2.75) is 6.61 Å². The van der Waals surface area contributed by atoms with E-state index in [0.29, 0.717) is 39.9 Å². The van der Waals surface area contributed by atoms with Crippen LogP contribution < -0.4 is 20.9 Å². The first-order chi connectivity index (χ1) is 11.6. The van der Waals surface area contributed by atoms with E-state index >= 15 is 0 Å². The molecule has 24 heavy (non-hydrogen) atoms. The highest BCUT2D eigenvalue weighted by molar-refractivity contribution is 5.47. The van der Waals surface area contributed by atoms with Crippen molar-refractivity contribution in [2.75, 3.05) is 11.5 Å². The molecule has 0 bridgehead atoms. The Balaban J connectivity index is 1.84. The van der Waals surface area contributed by atoms with Crippen LogP contribution in [-0.2, 0) is 6.61 Å². The predicted molar refractivity (Wildman–Crippen MR) is 94.2 cm³/mol. The van der Waals surface area contributed by atoms with E-state index in [1.807, 2.05) is 0 Å². The molecule has 0 saturated heterocycles. The van der Waals surface area contributed by atoms with Crippen LogP contribution in [0.3, 0.4) is 0 Å². The Hall–Kier alpha value is -3.18. The number of anilines is 2. The van der Waals surface area contributed by atoms with Gasteiger partial charge in [0.05, 0.1) is 6.61 Å². The summed E-state index contributed by atoms with van der Waals surface area (Å²) < 4.78 is 11.6. The molecule has 3 aromatic rings. The Kier molecular flexibility index (Phi) is 4.54. The van der Waals surface area contributed by atoms with Crippen LogP contribution in [-0.4, -0.2) is 5.11 Å². The Morgan fingerprint density at radius 1 is 0.625 bits per heavy atom. The quantitative estimate of drug-likeness (QED) is 0.619. The van der Waals surface area contributed by atoms with Gasteiger partial charge in [0.15, 0.2) is 0 Å². The SMILES string of the molecule is Nc1ccc(Oc2cc(CO)cc(Oc3ccc(N)cc3)c2)cc1. The molecule has 5 heteroatoms. The van der Waals surface area contributed by atoms with Crippen LogP contribution in [0.4, 0.5) is 11.4 Å². The van der Waals surface area contributed by atoms with Gasteiger partial charge in [-0.25, -0.2) is 0 Å². The minimum absolute atomic E-state index is 0.114. The largest absolute Gasteiger partial charge is 0.457 e. The highest BCUT2D eigenvalue weighted by Gasteiger charge is 2.06. The molecule has 0 heterocycles. The minimum Gasteiger partial charge on any atom is -0.457 e. The van der Waals surface area contributed by atoms with E-state index in [1.54, 1.807) is 66.7 Å². The zero-order chi connectivity index (χ0) is 16.9. The lowest BCUT2D eigenvalue weighted by molar-refractivity contribution is 0.280. The first kappa shape index (κ1) is 15.7. The summed E-state index contributed by atoms with van der Waals surface area (Å²) in [5, 5.41) is 9.45. The van der Waals surface area contributed by atoms with E-state index in [9.17, 15) is 5.11 Å². The van der Waals surface area contributed by atoms with Crippen molar-refractivity contribution in [1.29, 1.82) is 0 Å². The maximum atomic E-state index is 9.45. The second-order valence-electron chi connectivity index (χ2n) is 5.31. The van der Waals surface area contributed by atoms with Crippen molar-refractivity contribution in [3.63, 3.8) is 0 Å². The van der Waals surface area contributed by atoms with Gasteiger partial charge in [0.25, 0.3) is 0 Å². The van der Waals surface area contributed by atoms with Crippen LogP contribution in [0.2, 0.25) is 0 Å². The van der Waals surface area contributed by atoms with Crippen molar-refractivity contribution in [3.8, 4) is 23.0 Å². The highest BCUT2D eigenvalue weighted by atomic mass is 16.5. The van der Waals surface area contributed by atoms with Crippen molar-refractivity contribution in [1.82, 2.24) is 0 Å². The fraction of sp³-hybridized carbons (Fsp3) is 0.0526. The van der Waals surface area contributed by atoms with Crippen molar-refractivity contribution in [3.05, 3.63) is 72.3 Å². The molecule has 5 N–H and O–H groups in total. The zero-order valence-corrected chi connectivity index (χ0v) is 13.0.